The lowest BCUT2D eigenvalue weighted by atomic mass is 10.1. The lowest BCUT2D eigenvalue weighted by Gasteiger charge is -2.28. The van der Waals surface area contributed by atoms with Gasteiger partial charge in [-0.2, -0.15) is 0 Å². The number of thiazole rings is 1. The van der Waals surface area contributed by atoms with E-state index in [1.807, 2.05) is 12.1 Å². The summed E-state index contributed by atoms with van der Waals surface area (Å²) < 4.78 is 6.54. The van der Waals surface area contributed by atoms with Crippen molar-refractivity contribution in [3.8, 4) is 5.75 Å². The maximum atomic E-state index is 5.39. The van der Waals surface area contributed by atoms with E-state index in [1.54, 1.807) is 18.4 Å². The van der Waals surface area contributed by atoms with Crippen molar-refractivity contribution < 1.29 is 4.74 Å². The molecular weight excluding hydrogens is 328 g/mol. The number of nitrogens with zero attached hydrogens (tertiary/aromatic N) is 2. The number of anilines is 1. The third kappa shape index (κ3) is 3.54. The summed E-state index contributed by atoms with van der Waals surface area (Å²) >= 11 is 1.69. The number of hydrogen-bond donors (Lipinski definition) is 0. The number of para-hydroxylation sites is 1. The van der Waals surface area contributed by atoms with Crippen molar-refractivity contribution in [1.29, 1.82) is 0 Å². The summed E-state index contributed by atoms with van der Waals surface area (Å²) in [4.78, 5) is 7.17. The van der Waals surface area contributed by atoms with Crippen LogP contribution < -0.4 is 9.64 Å². The number of piperidine rings is 1. The Morgan fingerprint density at radius 1 is 1.00 bits per heavy atom. The van der Waals surface area contributed by atoms with Crippen LogP contribution >= 0.6 is 11.3 Å². The highest BCUT2D eigenvalue weighted by Crippen LogP contribution is 2.30. The molecule has 4 rings (SSSR count). The van der Waals surface area contributed by atoms with E-state index >= 15 is 0 Å². The lowest BCUT2D eigenvalue weighted by molar-refractivity contribution is 0.419. The SMILES string of the molecule is COc1cccc2sc(C=Cc3ccc(N4CCCCC4)cc3)nc12. The molecule has 2 aromatic carbocycles. The van der Waals surface area contributed by atoms with Crippen LogP contribution in [0, 0.1) is 0 Å². The maximum Gasteiger partial charge on any atom is 0.145 e. The van der Waals surface area contributed by atoms with Crippen molar-refractivity contribution in [2.75, 3.05) is 25.1 Å². The van der Waals surface area contributed by atoms with Gasteiger partial charge in [-0.15, -0.1) is 11.3 Å². The van der Waals surface area contributed by atoms with Gasteiger partial charge < -0.3 is 9.64 Å². The second kappa shape index (κ2) is 7.28. The molecule has 25 heavy (non-hydrogen) atoms. The molecule has 0 radical (unpaired) electrons. The van der Waals surface area contributed by atoms with E-state index in [1.165, 1.54) is 43.6 Å². The van der Waals surface area contributed by atoms with Crippen LogP contribution in [-0.4, -0.2) is 25.2 Å². The van der Waals surface area contributed by atoms with E-state index in [4.69, 9.17) is 4.74 Å². The zero-order valence-corrected chi connectivity index (χ0v) is 15.3. The molecule has 0 aliphatic carbocycles. The van der Waals surface area contributed by atoms with Crippen molar-refractivity contribution >= 4 is 39.4 Å². The third-order valence-corrected chi connectivity index (χ3v) is 5.64. The van der Waals surface area contributed by atoms with Crippen molar-refractivity contribution in [2.24, 2.45) is 0 Å². The predicted octanol–water partition coefficient (Wildman–Crippen LogP) is 5.47. The molecule has 0 atom stereocenters. The largest absolute Gasteiger partial charge is 0.494 e. The van der Waals surface area contributed by atoms with Crippen LogP contribution in [0.25, 0.3) is 22.4 Å². The molecule has 1 aromatic heterocycles. The minimum absolute atomic E-state index is 0.833. The first-order valence-electron chi connectivity index (χ1n) is 8.80. The van der Waals surface area contributed by atoms with Crippen molar-refractivity contribution in [3.63, 3.8) is 0 Å². The molecule has 0 N–H and O–H groups in total. The highest BCUT2D eigenvalue weighted by molar-refractivity contribution is 7.19. The number of methoxy groups -OCH3 is 1. The topological polar surface area (TPSA) is 25.4 Å². The fraction of sp³-hybridized carbons (Fsp3) is 0.286. The van der Waals surface area contributed by atoms with Crippen molar-refractivity contribution in [3.05, 3.63) is 53.0 Å². The fourth-order valence-corrected chi connectivity index (χ4v) is 4.18. The quantitative estimate of drug-likeness (QED) is 0.624. The Balaban J connectivity index is 1.51. The van der Waals surface area contributed by atoms with Crippen LogP contribution in [0.4, 0.5) is 5.69 Å². The fourth-order valence-electron chi connectivity index (χ4n) is 3.29. The van der Waals surface area contributed by atoms with Gasteiger partial charge in [0.2, 0.25) is 0 Å². The summed E-state index contributed by atoms with van der Waals surface area (Å²) in [7, 11) is 1.69. The number of benzene rings is 2. The summed E-state index contributed by atoms with van der Waals surface area (Å²) in [5.74, 6) is 0.833. The molecular formula is C21H22N2OS. The summed E-state index contributed by atoms with van der Waals surface area (Å²) in [6.07, 6.45) is 8.19. The molecule has 3 nitrogen and oxygen atoms in total. The zero-order valence-electron chi connectivity index (χ0n) is 14.4. The normalized spacial score (nSPS) is 15.2. The van der Waals surface area contributed by atoms with Crippen LogP contribution in [0.2, 0.25) is 0 Å². The molecule has 128 valence electrons. The van der Waals surface area contributed by atoms with Crippen LogP contribution in [0.5, 0.6) is 5.75 Å². The molecule has 1 aliphatic rings. The van der Waals surface area contributed by atoms with Gasteiger partial charge in [-0.05, 0) is 55.2 Å². The Morgan fingerprint density at radius 2 is 1.80 bits per heavy atom. The maximum absolute atomic E-state index is 5.39. The molecule has 1 aliphatic heterocycles. The third-order valence-electron chi connectivity index (χ3n) is 4.65. The van der Waals surface area contributed by atoms with Crippen molar-refractivity contribution in [2.45, 2.75) is 19.3 Å². The standard InChI is InChI=1S/C21H22N2OS/c1-24-18-6-5-7-19-21(18)22-20(25-19)13-10-16-8-11-17(12-9-16)23-14-3-2-4-15-23/h5-13H,2-4,14-15H2,1H3. The van der Waals surface area contributed by atoms with E-state index in [0.717, 1.165) is 21.0 Å². The Labute approximate surface area is 152 Å². The van der Waals surface area contributed by atoms with Crippen LogP contribution in [-0.2, 0) is 0 Å². The molecule has 0 bridgehead atoms. The Morgan fingerprint density at radius 3 is 2.56 bits per heavy atom. The van der Waals surface area contributed by atoms with Gasteiger partial charge in [-0.3, -0.25) is 0 Å². The van der Waals surface area contributed by atoms with Crippen LogP contribution in [0.15, 0.2) is 42.5 Å². The molecule has 3 aromatic rings. The van der Waals surface area contributed by atoms with E-state index in [0.29, 0.717) is 0 Å². The lowest BCUT2D eigenvalue weighted by Crippen LogP contribution is -2.29. The smallest absolute Gasteiger partial charge is 0.145 e. The molecule has 0 spiro atoms. The minimum Gasteiger partial charge on any atom is -0.494 e. The van der Waals surface area contributed by atoms with Gasteiger partial charge >= 0.3 is 0 Å². The first-order valence-corrected chi connectivity index (χ1v) is 9.62. The van der Waals surface area contributed by atoms with E-state index in [-0.39, 0.29) is 0 Å². The number of ether oxygens (including phenoxy) is 1. The van der Waals surface area contributed by atoms with Gasteiger partial charge in [0, 0.05) is 18.8 Å². The average molecular weight is 350 g/mol. The first kappa shape index (κ1) is 16.2. The molecule has 4 heteroatoms. The minimum atomic E-state index is 0.833. The monoisotopic (exact) mass is 350 g/mol. The van der Waals surface area contributed by atoms with Gasteiger partial charge in [-0.25, -0.2) is 4.98 Å². The van der Waals surface area contributed by atoms with Crippen molar-refractivity contribution in [1.82, 2.24) is 4.98 Å². The summed E-state index contributed by atoms with van der Waals surface area (Å²) in [5, 5.41) is 1.000. The number of aromatic nitrogens is 1. The first-order chi connectivity index (χ1) is 12.3. The molecule has 0 amide bonds. The number of rotatable bonds is 4. The van der Waals surface area contributed by atoms with Gasteiger partial charge in [0.1, 0.15) is 16.3 Å². The van der Waals surface area contributed by atoms with Gasteiger partial charge in [0.25, 0.3) is 0 Å². The Kier molecular flexibility index (Phi) is 4.70. The number of hydrogen-bond acceptors (Lipinski definition) is 4. The Bertz CT molecular complexity index is 877. The summed E-state index contributed by atoms with van der Waals surface area (Å²) in [5.41, 5.74) is 3.48. The predicted molar refractivity (Wildman–Crippen MR) is 108 cm³/mol. The Hall–Kier alpha value is -2.33. The second-order valence-electron chi connectivity index (χ2n) is 6.33. The summed E-state index contributed by atoms with van der Waals surface area (Å²) in [6, 6.07) is 14.9. The van der Waals surface area contributed by atoms with Gasteiger partial charge in [-0.1, -0.05) is 24.3 Å². The molecule has 0 saturated carbocycles. The van der Waals surface area contributed by atoms with Gasteiger partial charge in [0.05, 0.1) is 11.8 Å². The highest BCUT2D eigenvalue weighted by atomic mass is 32.1. The molecule has 1 saturated heterocycles. The van der Waals surface area contributed by atoms with E-state index < -0.39 is 0 Å². The summed E-state index contributed by atoms with van der Waals surface area (Å²) in [6.45, 7) is 2.37. The van der Waals surface area contributed by atoms with Gasteiger partial charge in [0.15, 0.2) is 0 Å². The van der Waals surface area contributed by atoms with Crippen LogP contribution in [0.3, 0.4) is 0 Å². The average Bonchev–Trinajstić information content (AvgIpc) is 3.10. The molecule has 0 unspecified atom stereocenters. The number of fused-ring (bicyclic) bond motifs is 1. The molecule has 1 fully saturated rings. The van der Waals surface area contributed by atoms with Crippen LogP contribution in [0.1, 0.15) is 29.8 Å². The second-order valence-corrected chi connectivity index (χ2v) is 7.39. The highest BCUT2D eigenvalue weighted by Gasteiger charge is 2.10. The molecule has 2 heterocycles. The van der Waals surface area contributed by atoms with E-state index in [2.05, 4.69) is 52.4 Å². The van der Waals surface area contributed by atoms with E-state index in [9.17, 15) is 0 Å². The zero-order chi connectivity index (χ0) is 17.1.